The molecule has 2 aromatic heterocycles. The molecule has 0 atom stereocenters. The van der Waals surface area contributed by atoms with Crippen LogP contribution in [0.4, 0.5) is 0 Å². The summed E-state index contributed by atoms with van der Waals surface area (Å²) in [7, 11) is 0. The number of hydrogen-bond acceptors (Lipinski definition) is 5. The van der Waals surface area contributed by atoms with Gasteiger partial charge in [-0.1, -0.05) is 0 Å². The maximum absolute atomic E-state index is 4.22. The second-order valence-electron chi connectivity index (χ2n) is 2.82. The fraction of sp³-hybridized carbons (Fsp3) is 0.333. The van der Waals surface area contributed by atoms with Crippen LogP contribution in [-0.2, 0) is 13.0 Å². The van der Waals surface area contributed by atoms with E-state index in [4.69, 9.17) is 0 Å². The van der Waals surface area contributed by atoms with Crippen molar-refractivity contribution in [2.45, 2.75) is 13.0 Å². The third kappa shape index (κ3) is 2.87. The minimum atomic E-state index is 0.913. The standard InChI is InChI=1S/C9H11N3S2/c1(9-12-3-4-13-9)2-10-5-8-6-11-7-14-8/h3-4,6-7,10H,1-2,5H2. The summed E-state index contributed by atoms with van der Waals surface area (Å²) in [5.74, 6) is 0. The smallest absolute Gasteiger partial charge is 0.0937 e. The van der Waals surface area contributed by atoms with Gasteiger partial charge < -0.3 is 5.32 Å². The van der Waals surface area contributed by atoms with Crippen LogP contribution in [0.25, 0.3) is 0 Å². The van der Waals surface area contributed by atoms with Gasteiger partial charge in [-0.3, -0.25) is 4.98 Å². The molecule has 2 rings (SSSR count). The number of aromatic nitrogens is 2. The van der Waals surface area contributed by atoms with E-state index in [0.717, 1.165) is 19.5 Å². The second-order valence-corrected chi connectivity index (χ2v) is 4.77. The number of rotatable bonds is 5. The summed E-state index contributed by atoms with van der Waals surface area (Å²) in [6, 6.07) is 0. The molecule has 3 nitrogen and oxygen atoms in total. The van der Waals surface area contributed by atoms with Gasteiger partial charge in [0.05, 0.1) is 10.5 Å². The molecule has 0 unspecified atom stereocenters. The Labute approximate surface area is 90.9 Å². The van der Waals surface area contributed by atoms with Crippen LogP contribution < -0.4 is 5.32 Å². The van der Waals surface area contributed by atoms with E-state index >= 15 is 0 Å². The second kappa shape index (κ2) is 5.19. The number of nitrogens with zero attached hydrogens (tertiary/aromatic N) is 2. The van der Waals surface area contributed by atoms with Crippen LogP contribution in [0.1, 0.15) is 9.88 Å². The van der Waals surface area contributed by atoms with Gasteiger partial charge in [0.15, 0.2) is 0 Å². The maximum Gasteiger partial charge on any atom is 0.0937 e. The van der Waals surface area contributed by atoms with Crippen molar-refractivity contribution < 1.29 is 0 Å². The predicted octanol–water partition coefficient (Wildman–Crippen LogP) is 1.93. The normalized spacial score (nSPS) is 10.6. The van der Waals surface area contributed by atoms with Crippen molar-refractivity contribution in [3.63, 3.8) is 0 Å². The Balaban J connectivity index is 1.65. The predicted molar refractivity (Wildman–Crippen MR) is 59.6 cm³/mol. The van der Waals surface area contributed by atoms with Gasteiger partial charge in [-0.2, -0.15) is 0 Å². The van der Waals surface area contributed by atoms with E-state index in [1.165, 1.54) is 9.88 Å². The Hall–Kier alpha value is -0.780. The van der Waals surface area contributed by atoms with Crippen LogP contribution in [0.2, 0.25) is 0 Å². The lowest BCUT2D eigenvalue weighted by Crippen LogP contribution is -2.15. The highest BCUT2D eigenvalue weighted by molar-refractivity contribution is 7.09. The fourth-order valence-electron chi connectivity index (χ4n) is 1.11. The van der Waals surface area contributed by atoms with Gasteiger partial charge >= 0.3 is 0 Å². The topological polar surface area (TPSA) is 37.8 Å². The molecule has 0 aliphatic carbocycles. The first-order valence-corrected chi connectivity index (χ1v) is 6.17. The average molecular weight is 225 g/mol. The average Bonchev–Trinajstić information content (AvgIpc) is 2.86. The molecule has 1 N–H and O–H groups in total. The Morgan fingerprint density at radius 2 is 2.36 bits per heavy atom. The zero-order valence-corrected chi connectivity index (χ0v) is 9.27. The molecule has 0 fully saturated rings. The van der Waals surface area contributed by atoms with Gasteiger partial charge in [0.2, 0.25) is 0 Å². The highest BCUT2D eigenvalue weighted by atomic mass is 32.1. The molecule has 0 aliphatic rings. The zero-order chi connectivity index (χ0) is 9.64. The maximum atomic E-state index is 4.22. The molecule has 0 bridgehead atoms. The Kier molecular flexibility index (Phi) is 3.62. The number of hydrogen-bond donors (Lipinski definition) is 1. The van der Waals surface area contributed by atoms with Gasteiger partial charge in [-0.25, -0.2) is 4.98 Å². The summed E-state index contributed by atoms with van der Waals surface area (Å²) in [6.07, 6.45) is 4.76. The first kappa shape index (κ1) is 9.76. The van der Waals surface area contributed by atoms with Crippen molar-refractivity contribution >= 4 is 22.7 Å². The van der Waals surface area contributed by atoms with Gasteiger partial charge in [0, 0.05) is 42.2 Å². The summed E-state index contributed by atoms with van der Waals surface area (Å²) in [5.41, 5.74) is 1.86. The van der Waals surface area contributed by atoms with E-state index < -0.39 is 0 Å². The van der Waals surface area contributed by atoms with E-state index in [1.54, 1.807) is 22.7 Å². The van der Waals surface area contributed by atoms with Crippen LogP contribution in [-0.4, -0.2) is 16.5 Å². The summed E-state index contributed by atoms with van der Waals surface area (Å²) in [6.45, 7) is 1.89. The molecule has 0 saturated carbocycles. The van der Waals surface area contributed by atoms with Gasteiger partial charge in [-0.05, 0) is 0 Å². The molecule has 0 spiro atoms. The third-order valence-corrected chi connectivity index (χ3v) is 3.40. The third-order valence-electron chi connectivity index (χ3n) is 1.78. The first-order valence-electron chi connectivity index (χ1n) is 4.41. The van der Waals surface area contributed by atoms with Gasteiger partial charge in [-0.15, -0.1) is 22.7 Å². The van der Waals surface area contributed by atoms with Crippen molar-refractivity contribution in [1.82, 2.24) is 15.3 Å². The van der Waals surface area contributed by atoms with E-state index in [2.05, 4.69) is 15.3 Å². The van der Waals surface area contributed by atoms with Gasteiger partial charge in [0.25, 0.3) is 0 Å². The molecule has 0 amide bonds. The highest BCUT2D eigenvalue weighted by Crippen LogP contribution is 2.05. The zero-order valence-electron chi connectivity index (χ0n) is 7.64. The van der Waals surface area contributed by atoms with Gasteiger partial charge in [0.1, 0.15) is 0 Å². The molecule has 0 aromatic carbocycles. The molecule has 5 heteroatoms. The summed E-state index contributed by atoms with van der Waals surface area (Å²) in [5, 5.41) is 6.57. The lowest BCUT2D eigenvalue weighted by atomic mass is 10.4. The highest BCUT2D eigenvalue weighted by Gasteiger charge is 1.96. The fourth-order valence-corrected chi connectivity index (χ4v) is 2.30. The van der Waals surface area contributed by atoms with E-state index in [1.807, 2.05) is 23.3 Å². The number of thiazole rings is 2. The molecule has 14 heavy (non-hydrogen) atoms. The minimum Gasteiger partial charge on any atom is -0.311 e. The molecule has 0 aliphatic heterocycles. The van der Waals surface area contributed by atoms with Crippen LogP contribution in [0.3, 0.4) is 0 Å². The molecule has 74 valence electrons. The minimum absolute atomic E-state index is 0.913. The lowest BCUT2D eigenvalue weighted by molar-refractivity contribution is 0.691. The molecule has 0 saturated heterocycles. The SMILES string of the molecule is c1csc(CCNCc2cncs2)n1. The monoisotopic (exact) mass is 225 g/mol. The van der Waals surface area contributed by atoms with E-state index in [9.17, 15) is 0 Å². The van der Waals surface area contributed by atoms with Crippen molar-refractivity contribution in [3.8, 4) is 0 Å². The molecular formula is C9H11N3S2. The molecular weight excluding hydrogens is 214 g/mol. The van der Waals surface area contributed by atoms with Crippen LogP contribution in [0, 0.1) is 0 Å². The van der Waals surface area contributed by atoms with Crippen molar-refractivity contribution in [2.24, 2.45) is 0 Å². The number of nitrogens with one attached hydrogen (secondary N) is 1. The Morgan fingerprint density at radius 3 is 3.07 bits per heavy atom. The van der Waals surface area contributed by atoms with Crippen molar-refractivity contribution in [3.05, 3.63) is 33.2 Å². The van der Waals surface area contributed by atoms with E-state index in [0.29, 0.717) is 0 Å². The Morgan fingerprint density at radius 1 is 1.36 bits per heavy atom. The molecule has 2 aromatic rings. The lowest BCUT2D eigenvalue weighted by Gasteiger charge is -1.99. The van der Waals surface area contributed by atoms with Crippen molar-refractivity contribution in [1.29, 1.82) is 0 Å². The quantitative estimate of drug-likeness (QED) is 0.790. The van der Waals surface area contributed by atoms with Crippen LogP contribution in [0.5, 0.6) is 0 Å². The summed E-state index contributed by atoms with van der Waals surface area (Å²) < 4.78 is 0. The van der Waals surface area contributed by atoms with Crippen molar-refractivity contribution in [2.75, 3.05) is 6.54 Å². The molecule has 2 heterocycles. The molecule has 0 radical (unpaired) electrons. The largest absolute Gasteiger partial charge is 0.311 e. The van der Waals surface area contributed by atoms with E-state index in [-0.39, 0.29) is 0 Å². The summed E-state index contributed by atoms with van der Waals surface area (Å²) in [4.78, 5) is 9.52. The first-order chi connectivity index (χ1) is 6.95. The van der Waals surface area contributed by atoms with Crippen LogP contribution >= 0.6 is 22.7 Å². The van der Waals surface area contributed by atoms with Crippen LogP contribution in [0.15, 0.2) is 23.3 Å². The Bertz CT molecular complexity index is 306. The summed E-state index contributed by atoms with van der Waals surface area (Å²) >= 11 is 3.39.